The van der Waals surface area contributed by atoms with E-state index in [-0.39, 0.29) is 0 Å². The molecule has 0 radical (unpaired) electrons. The van der Waals surface area contributed by atoms with Gasteiger partial charge in [-0.15, -0.1) is 11.3 Å². The van der Waals surface area contributed by atoms with E-state index < -0.39 is 0 Å². The molecule has 2 nitrogen and oxygen atoms in total. The van der Waals surface area contributed by atoms with Crippen LogP contribution in [0.2, 0.25) is 4.34 Å². The molecule has 1 aromatic rings. The van der Waals surface area contributed by atoms with Crippen LogP contribution in [0.15, 0.2) is 12.1 Å². The Labute approximate surface area is 113 Å². The molecule has 1 aliphatic rings. The van der Waals surface area contributed by atoms with E-state index in [1.165, 1.54) is 43.6 Å². The van der Waals surface area contributed by atoms with Crippen LogP contribution in [-0.4, -0.2) is 19.6 Å². The largest absolute Gasteiger partial charge is 0.316 e. The van der Waals surface area contributed by atoms with Crippen molar-refractivity contribution in [1.82, 2.24) is 10.6 Å². The summed E-state index contributed by atoms with van der Waals surface area (Å²) in [6.45, 7) is 4.51. The van der Waals surface area contributed by atoms with E-state index >= 15 is 0 Å². The van der Waals surface area contributed by atoms with Crippen LogP contribution in [0, 0.1) is 5.92 Å². The van der Waals surface area contributed by atoms with Crippen molar-refractivity contribution in [1.29, 1.82) is 0 Å². The fourth-order valence-electron chi connectivity index (χ4n) is 2.34. The van der Waals surface area contributed by atoms with Gasteiger partial charge < -0.3 is 10.6 Å². The van der Waals surface area contributed by atoms with Gasteiger partial charge in [0.25, 0.3) is 0 Å². The smallest absolute Gasteiger partial charge is 0.0931 e. The van der Waals surface area contributed by atoms with Crippen LogP contribution in [0.1, 0.15) is 30.6 Å². The van der Waals surface area contributed by atoms with Gasteiger partial charge in [-0.3, -0.25) is 0 Å². The summed E-state index contributed by atoms with van der Waals surface area (Å²) in [7, 11) is 0. The monoisotopic (exact) mass is 272 g/mol. The van der Waals surface area contributed by atoms with Gasteiger partial charge in [0.05, 0.1) is 4.34 Å². The van der Waals surface area contributed by atoms with E-state index in [9.17, 15) is 0 Å². The summed E-state index contributed by atoms with van der Waals surface area (Å²) >= 11 is 7.55. The number of hydrogen-bond donors (Lipinski definition) is 2. The van der Waals surface area contributed by atoms with Crippen LogP contribution >= 0.6 is 22.9 Å². The Morgan fingerprint density at radius 3 is 3.12 bits per heavy atom. The molecule has 2 rings (SSSR count). The van der Waals surface area contributed by atoms with Crippen molar-refractivity contribution in [2.24, 2.45) is 5.92 Å². The molecule has 4 heteroatoms. The maximum absolute atomic E-state index is 5.89. The van der Waals surface area contributed by atoms with E-state index in [2.05, 4.69) is 16.7 Å². The van der Waals surface area contributed by atoms with Gasteiger partial charge in [-0.1, -0.05) is 11.6 Å². The van der Waals surface area contributed by atoms with Gasteiger partial charge in [0, 0.05) is 11.4 Å². The fraction of sp³-hybridized carbons (Fsp3) is 0.692. The number of halogens is 1. The SMILES string of the molecule is Clc1ccc(CNCCCC2CCCNC2)s1. The predicted octanol–water partition coefficient (Wildman–Crippen LogP) is 3.27. The first kappa shape index (κ1) is 13.3. The highest BCUT2D eigenvalue weighted by atomic mass is 35.5. The van der Waals surface area contributed by atoms with Crippen LogP contribution in [-0.2, 0) is 6.54 Å². The van der Waals surface area contributed by atoms with E-state index in [1.807, 2.05) is 6.07 Å². The normalized spacial score (nSPS) is 20.6. The van der Waals surface area contributed by atoms with Crippen molar-refractivity contribution in [2.75, 3.05) is 19.6 Å². The quantitative estimate of drug-likeness (QED) is 0.777. The Kier molecular flexibility index (Phi) is 5.78. The van der Waals surface area contributed by atoms with Crippen LogP contribution in [0.5, 0.6) is 0 Å². The van der Waals surface area contributed by atoms with E-state index in [1.54, 1.807) is 11.3 Å². The lowest BCUT2D eigenvalue weighted by Crippen LogP contribution is -2.30. The zero-order valence-corrected chi connectivity index (χ0v) is 11.7. The van der Waals surface area contributed by atoms with Crippen molar-refractivity contribution >= 4 is 22.9 Å². The Hall–Kier alpha value is -0.0900. The first-order valence-electron chi connectivity index (χ1n) is 6.50. The molecule has 1 fully saturated rings. The summed E-state index contributed by atoms with van der Waals surface area (Å²) in [4.78, 5) is 1.33. The third-order valence-electron chi connectivity index (χ3n) is 3.29. The average molecular weight is 273 g/mol. The predicted molar refractivity (Wildman–Crippen MR) is 75.9 cm³/mol. The molecule has 0 spiro atoms. The summed E-state index contributed by atoms with van der Waals surface area (Å²) < 4.78 is 0.884. The molecule has 2 heterocycles. The summed E-state index contributed by atoms with van der Waals surface area (Å²) in [6, 6.07) is 4.07. The molecular formula is C13H21ClN2S. The van der Waals surface area contributed by atoms with E-state index in [4.69, 9.17) is 11.6 Å². The highest BCUT2D eigenvalue weighted by Gasteiger charge is 2.11. The fourth-order valence-corrected chi connectivity index (χ4v) is 3.40. The average Bonchev–Trinajstić information content (AvgIpc) is 2.76. The van der Waals surface area contributed by atoms with Crippen LogP contribution in [0.4, 0.5) is 0 Å². The third-order valence-corrected chi connectivity index (χ3v) is 4.52. The molecule has 0 saturated carbocycles. The minimum Gasteiger partial charge on any atom is -0.316 e. The molecular weight excluding hydrogens is 252 g/mol. The molecule has 1 atom stereocenters. The van der Waals surface area contributed by atoms with Gasteiger partial charge in [-0.05, 0) is 63.4 Å². The zero-order valence-electron chi connectivity index (χ0n) is 10.2. The molecule has 0 aliphatic carbocycles. The second-order valence-corrected chi connectivity index (χ2v) is 6.54. The number of piperidine rings is 1. The minimum absolute atomic E-state index is 0.884. The maximum Gasteiger partial charge on any atom is 0.0931 e. The van der Waals surface area contributed by atoms with Gasteiger partial charge in [-0.2, -0.15) is 0 Å². The topological polar surface area (TPSA) is 24.1 Å². The second-order valence-electron chi connectivity index (χ2n) is 4.74. The molecule has 1 aromatic heterocycles. The molecule has 1 aliphatic heterocycles. The third kappa shape index (κ3) is 4.96. The molecule has 17 heavy (non-hydrogen) atoms. The minimum atomic E-state index is 0.884. The Morgan fingerprint density at radius 2 is 2.41 bits per heavy atom. The number of nitrogens with one attached hydrogen (secondary N) is 2. The molecule has 0 amide bonds. The van der Waals surface area contributed by atoms with Crippen molar-refractivity contribution in [3.63, 3.8) is 0 Å². The van der Waals surface area contributed by atoms with E-state index in [0.717, 1.165) is 23.3 Å². The van der Waals surface area contributed by atoms with Crippen LogP contribution in [0.3, 0.4) is 0 Å². The maximum atomic E-state index is 5.89. The first-order valence-corrected chi connectivity index (χ1v) is 7.69. The van der Waals surface area contributed by atoms with Gasteiger partial charge >= 0.3 is 0 Å². The lowest BCUT2D eigenvalue weighted by molar-refractivity contribution is 0.348. The molecule has 0 bridgehead atoms. The van der Waals surface area contributed by atoms with Crippen molar-refractivity contribution in [3.8, 4) is 0 Å². The van der Waals surface area contributed by atoms with Crippen molar-refractivity contribution in [2.45, 2.75) is 32.2 Å². The van der Waals surface area contributed by atoms with Crippen LogP contribution in [0.25, 0.3) is 0 Å². The van der Waals surface area contributed by atoms with Gasteiger partial charge in [0.1, 0.15) is 0 Å². The van der Waals surface area contributed by atoms with Crippen LogP contribution < -0.4 is 10.6 Å². The van der Waals surface area contributed by atoms with Crippen molar-refractivity contribution in [3.05, 3.63) is 21.3 Å². The molecule has 2 N–H and O–H groups in total. The van der Waals surface area contributed by atoms with E-state index in [0.29, 0.717) is 0 Å². The summed E-state index contributed by atoms with van der Waals surface area (Å²) in [6.07, 6.45) is 5.40. The molecule has 1 saturated heterocycles. The number of thiophene rings is 1. The van der Waals surface area contributed by atoms with Crippen molar-refractivity contribution < 1.29 is 0 Å². The summed E-state index contributed by atoms with van der Waals surface area (Å²) in [5, 5.41) is 6.96. The molecule has 96 valence electrons. The lowest BCUT2D eigenvalue weighted by Gasteiger charge is -2.22. The summed E-state index contributed by atoms with van der Waals surface area (Å²) in [5.41, 5.74) is 0. The summed E-state index contributed by atoms with van der Waals surface area (Å²) in [5.74, 6) is 0.904. The van der Waals surface area contributed by atoms with Gasteiger partial charge in [0.15, 0.2) is 0 Å². The standard InChI is InChI=1S/C13H21ClN2S/c14-13-6-5-12(17-13)10-16-8-2-4-11-3-1-7-15-9-11/h5-6,11,15-16H,1-4,7-10H2. The number of hydrogen-bond acceptors (Lipinski definition) is 3. The highest BCUT2D eigenvalue weighted by molar-refractivity contribution is 7.16. The Balaban J connectivity index is 1.51. The highest BCUT2D eigenvalue weighted by Crippen LogP contribution is 2.21. The number of rotatable bonds is 6. The van der Waals surface area contributed by atoms with Gasteiger partial charge in [-0.25, -0.2) is 0 Å². The first-order chi connectivity index (χ1) is 8.34. The molecule has 1 unspecified atom stereocenters. The zero-order chi connectivity index (χ0) is 11.9. The molecule has 0 aromatic carbocycles. The Bertz CT molecular complexity index is 321. The second kappa shape index (κ2) is 7.37. The Morgan fingerprint density at radius 1 is 1.47 bits per heavy atom. The lowest BCUT2D eigenvalue weighted by atomic mass is 9.95. The van der Waals surface area contributed by atoms with Gasteiger partial charge in [0.2, 0.25) is 0 Å².